The zero-order valence-electron chi connectivity index (χ0n) is 11.5. The van der Waals surface area contributed by atoms with E-state index in [0.717, 1.165) is 0 Å². The molecule has 1 heterocycles. The Morgan fingerprint density at radius 3 is 2.75 bits per heavy atom. The first-order chi connectivity index (χ1) is 9.43. The number of anilines is 1. The van der Waals surface area contributed by atoms with Gasteiger partial charge in [-0.3, -0.25) is 10.1 Å². The monoisotopic (exact) mass is 274 g/mol. The number of hydrogen-bond donors (Lipinski definition) is 1. The Bertz CT molecular complexity index is 699. The molecule has 0 spiro atoms. The Balaban J connectivity index is 2.50. The number of aromatic nitrogens is 2. The largest absolute Gasteiger partial charge is 0.307 e. The zero-order chi connectivity index (χ0) is 14.9. The number of nitriles is 1. The molecule has 1 N–H and O–H groups in total. The summed E-state index contributed by atoms with van der Waals surface area (Å²) in [5, 5.41) is 11.4. The van der Waals surface area contributed by atoms with Crippen molar-refractivity contribution in [2.45, 2.75) is 26.8 Å². The van der Waals surface area contributed by atoms with E-state index in [2.05, 4.69) is 10.3 Å². The van der Waals surface area contributed by atoms with Crippen molar-refractivity contribution in [2.24, 2.45) is 5.92 Å². The number of carbonyl (C=O) groups is 1. The number of benzene rings is 1. The summed E-state index contributed by atoms with van der Waals surface area (Å²) in [6.45, 7) is 5.34. The molecule has 1 aromatic carbocycles. The number of imidazole rings is 1. The molecule has 1 unspecified atom stereocenters. The Morgan fingerprint density at radius 2 is 2.15 bits per heavy atom. The van der Waals surface area contributed by atoms with E-state index in [9.17, 15) is 9.18 Å². The normalized spacial score (nSPS) is 12.4. The minimum atomic E-state index is -0.771. The minimum absolute atomic E-state index is 0.00510. The van der Waals surface area contributed by atoms with E-state index < -0.39 is 11.8 Å². The highest BCUT2D eigenvalue weighted by Crippen LogP contribution is 2.25. The summed E-state index contributed by atoms with van der Waals surface area (Å²) < 4.78 is 15.1. The van der Waals surface area contributed by atoms with E-state index in [4.69, 9.17) is 5.26 Å². The summed E-state index contributed by atoms with van der Waals surface area (Å²) in [5.74, 6) is -1.23. The SMILES string of the molecule is CC(C#N)C(=O)Nc1nc2ccc(F)cc2n1C(C)C. The van der Waals surface area contributed by atoms with Crippen LogP contribution in [0, 0.1) is 23.1 Å². The van der Waals surface area contributed by atoms with Crippen LogP contribution in [-0.4, -0.2) is 15.5 Å². The lowest BCUT2D eigenvalue weighted by Gasteiger charge is -2.13. The maximum Gasteiger partial charge on any atom is 0.243 e. The summed E-state index contributed by atoms with van der Waals surface area (Å²) in [6.07, 6.45) is 0. The van der Waals surface area contributed by atoms with Crippen molar-refractivity contribution in [1.82, 2.24) is 9.55 Å². The molecule has 104 valence electrons. The average Bonchev–Trinajstić information content (AvgIpc) is 2.74. The molecule has 0 fully saturated rings. The van der Waals surface area contributed by atoms with Crippen molar-refractivity contribution in [2.75, 3.05) is 5.32 Å². The van der Waals surface area contributed by atoms with Gasteiger partial charge in [0.1, 0.15) is 11.7 Å². The number of carbonyl (C=O) groups excluding carboxylic acids is 1. The molecule has 0 aliphatic heterocycles. The Hall–Kier alpha value is -2.42. The lowest BCUT2D eigenvalue weighted by molar-refractivity contribution is -0.118. The number of halogens is 1. The second-order valence-corrected chi connectivity index (χ2v) is 4.87. The lowest BCUT2D eigenvalue weighted by atomic mass is 10.2. The smallest absolute Gasteiger partial charge is 0.243 e. The molecule has 0 radical (unpaired) electrons. The van der Waals surface area contributed by atoms with Gasteiger partial charge in [-0.25, -0.2) is 9.37 Å². The third-order valence-corrected chi connectivity index (χ3v) is 2.99. The summed E-state index contributed by atoms with van der Waals surface area (Å²) in [7, 11) is 0. The first-order valence-corrected chi connectivity index (χ1v) is 6.32. The third-order valence-electron chi connectivity index (χ3n) is 2.99. The van der Waals surface area contributed by atoms with Gasteiger partial charge in [0.05, 0.1) is 17.1 Å². The first kappa shape index (κ1) is 14.0. The molecule has 1 atom stereocenters. The van der Waals surface area contributed by atoms with E-state index in [1.54, 1.807) is 10.6 Å². The molecule has 2 rings (SSSR count). The van der Waals surface area contributed by atoms with Gasteiger partial charge >= 0.3 is 0 Å². The van der Waals surface area contributed by atoms with Crippen molar-refractivity contribution < 1.29 is 9.18 Å². The topological polar surface area (TPSA) is 70.7 Å². The number of amides is 1. The van der Waals surface area contributed by atoms with Gasteiger partial charge in [0.25, 0.3) is 0 Å². The fraction of sp³-hybridized carbons (Fsp3) is 0.357. The molecule has 6 heteroatoms. The molecule has 0 aliphatic carbocycles. The average molecular weight is 274 g/mol. The zero-order valence-corrected chi connectivity index (χ0v) is 11.5. The van der Waals surface area contributed by atoms with Gasteiger partial charge in [-0.15, -0.1) is 0 Å². The summed E-state index contributed by atoms with van der Waals surface area (Å²) in [6, 6.07) is 6.13. The lowest BCUT2D eigenvalue weighted by Crippen LogP contribution is -2.22. The predicted molar refractivity (Wildman–Crippen MR) is 73.5 cm³/mol. The van der Waals surface area contributed by atoms with E-state index in [1.165, 1.54) is 19.1 Å². The molecule has 1 aromatic heterocycles. The van der Waals surface area contributed by atoms with Crippen LogP contribution in [0.15, 0.2) is 18.2 Å². The van der Waals surface area contributed by atoms with Crippen molar-refractivity contribution in [3.05, 3.63) is 24.0 Å². The van der Waals surface area contributed by atoms with Crippen molar-refractivity contribution in [3.8, 4) is 6.07 Å². The number of nitrogens with one attached hydrogen (secondary N) is 1. The maximum absolute atomic E-state index is 13.4. The van der Waals surface area contributed by atoms with Gasteiger partial charge < -0.3 is 4.57 Å². The van der Waals surface area contributed by atoms with Crippen molar-refractivity contribution in [3.63, 3.8) is 0 Å². The van der Waals surface area contributed by atoms with Gasteiger partial charge in [0.2, 0.25) is 11.9 Å². The van der Waals surface area contributed by atoms with E-state index in [-0.39, 0.29) is 11.9 Å². The molecular formula is C14H15FN4O. The van der Waals surface area contributed by atoms with Gasteiger partial charge in [0, 0.05) is 6.04 Å². The van der Waals surface area contributed by atoms with Gasteiger partial charge in [-0.05, 0) is 39.0 Å². The molecule has 0 saturated carbocycles. The quantitative estimate of drug-likeness (QED) is 0.935. The van der Waals surface area contributed by atoms with E-state index in [1.807, 2.05) is 19.9 Å². The maximum atomic E-state index is 13.4. The number of nitrogens with zero attached hydrogens (tertiary/aromatic N) is 3. The highest BCUT2D eigenvalue weighted by atomic mass is 19.1. The van der Waals surface area contributed by atoms with Crippen molar-refractivity contribution in [1.29, 1.82) is 5.26 Å². The fourth-order valence-electron chi connectivity index (χ4n) is 1.95. The first-order valence-electron chi connectivity index (χ1n) is 6.32. The van der Waals surface area contributed by atoms with Gasteiger partial charge in [0.15, 0.2) is 0 Å². The number of rotatable bonds is 3. The Morgan fingerprint density at radius 1 is 1.45 bits per heavy atom. The van der Waals surface area contributed by atoms with Crippen LogP contribution in [0.2, 0.25) is 0 Å². The highest BCUT2D eigenvalue weighted by molar-refractivity contribution is 5.94. The molecule has 5 nitrogen and oxygen atoms in total. The van der Waals surface area contributed by atoms with Gasteiger partial charge in [-0.1, -0.05) is 0 Å². The summed E-state index contributed by atoms with van der Waals surface area (Å²) >= 11 is 0. The second-order valence-electron chi connectivity index (χ2n) is 4.87. The van der Waals surface area contributed by atoms with Crippen LogP contribution in [0.3, 0.4) is 0 Å². The summed E-state index contributed by atoms with van der Waals surface area (Å²) in [5.41, 5.74) is 1.21. The van der Waals surface area contributed by atoms with E-state index >= 15 is 0 Å². The number of fused-ring (bicyclic) bond motifs is 1. The van der Waals surface area contributed by atoms with Crippen LogP contribution in [-0.2, 0) is 4.79 Å². The van der Waals surface area contributed by atoms with Gasteiger partial charge in [-0.2, -0.15) is 5.26 Å². The fourth-order valence-corrected chi connectivity index (χ4v) is 1.95. The number of hydrogen-bond acceptors (Lipinski definition) is 3. The second kappa shape index (κ2) is 5.29. The molecule has 2 aromatic rings. The van der Waals surface area contributed by atoms with Crippen LogP contribution in [0.5, 0.6) is 0 Å². The van der Waals surface area contributed by atoms with Crippen LogP contribution in [0.25, 0.3) is 11.0 Å². The molecule has 0 saturated heterocycles. The van der Waals surface area contributed by atoms with Crippen LogP contribution in [0.1, 0.15) is 26.8 Å². The Labute approximate surface area is 116 Å². The van der Waals surface area contributed by atoms with Crippen LogP contribution in [0.4, 0.5) is 10.3 Å². The Kier molecular flexibility index (Phi) is 3.70. The summed E-state index contributed by atoms with van der Waals surface area (Å²) in [4.78, 5) is 16.1. The molecule has 0 aliphatic rings. The standard InChI is InChI=1S/C14H15FN4O/c1-8(2)19-12-6-10(15)4-5-11(12)17-14(19)18-13(20)9(3)7-16/h4-6,8-9H,1-3H3,(H,17,18,20). The minimum Gasteiger partial charge on any atom is -0.307 e. The molecule has 0 bridgehead atoms. The van der Waals surface area contributed by atoms with E-state index in [0.29, 0.717) is 17.0 Å². The third kappa shape index (κ3) is 2.48. The van der Waals surface area contributed by atoms with Crippen LogP contribution >= 0.6 is 0 Å². The van der Waals surface area contributed by atoms with Crippen LogP contribution < -0.4 is 5.32 Å². The highest BCUT2D eigenvalue weighted by Gasteiger charge is 2.18. The molecule has 1 amide bonds. The predicted octanol–water partition coefficient (Wildman–Crippen LogP) is 2.85. The van der Waals surface area contributed by atoms with Crippen molar-refractivity contribution >= 4 is 22.9 Å². The molecule has 20 heavy (non-hydrogen) atoms. The molecular weight excluding hydrogens is 259 g/mol.